The van der Waals surface area contributed by atoms with Crippen LogP contribution in [0.5, 0.6) is 0 Å². The lowest BCUT2D eigenvalue weighted by atomic mass is 9.90. The molecule has 0 spiro atoms. The molecule has 1 saturated heterocycles. The third kappa shape index (κ3) is 2.13. The van der Waals surface area contributed by atoms with E-state index in [4.69, 9.17) is 9.47 Å². The Morgan fingerprint density at radius 2 is 2.17 bits per heavy atom. The molecule has 0 aromatic carbocycles. The van der Waals surface area contributed by atoms with Crippen molar-refractivity contribution in [2.75, 3.05) is 6.61 Å². The van der Waals surface area contributed by atoms with Crippen molar-refractivity contribution in [1.29, 1.82) is 0 Å². The minimum atomic E-state index is -1.01. The van der Waals surface area contributed by atoms with Gasteiger partial charge in [0.15, 0.2) is 0 Å². The first kappa shape index (κ1) is 12.3. The third-order valence-electron chi connectivity index (χ3n) is 2.69. The SMILES string of the molecule is CC1(C)COC(=O)[C@@H]1OC(=O)c1cccoc1=O. The Hall–Kier alpha value is -2.11. The Morgan fingerprint density at radius 3 is 2.72 bits per heavy atom. The fraction of sp³-hybridized carbons (Fsp3) is 0.417. The molecule has 0 amide bonds. The van der Waals surface area contributed by atoms with Crippen LogP contribution in [0.15, 0.2) is 27.6 Å². The number of carbonyl (C=O) groups is 2. The highest BCUT2D eigenvalue weighted by molar-refractivity contribution is 5.91. The normalized spacial score (nSPS) is 21.4. The number of esters is 2. The summed E-state index contributed by atoms with van der Waals surface area (Å²) in [5.74, 6) is -1.49. The zero-order chi connectivity index (χ0) is 13.3. The molecule has 1 fully saturated rings. The summed E-state index contributed by atoms with van der Waals surface area (Å²) in [7, 11) is 0. The molecule has 6 nitrogen and oxygen atoms in total. The maximum atomic E-state index is 11.8. The predicted molar refractivity (Wildman–Crippen MR) is 58.9 cm³/mol. The largest absolute Gasteiger partial charge is 0.462 e. The van der Waals surface area contributed by atoms with Gasteiger partial charge < -0.3 is 13.9 Å². The molecule has 1 aromatic heterocycles. The molecule has 6 heteroatoms. The molecule has 0 saturated carbocycles. The van der Waals surface area contributed by atoms with Gasteiger partial charge in [-0.1, -0.05) is 13.8 Å². The van der Waals surface area contributed by atoms with E-state index >= 15 is 0 Å². The van der Waals surface area contributed by atoms with Gasteiger partial charge in [-0.15, -0.1) is 0 Å². The van der Waals surface area contributed by atoms with Crippen LogP contribution in [-0.2, 0) is 14.3 Å². The minimum Gasteiger partial charge on any atom is -0.462 e. The first-order chi connectivity index (χ1) is 8.42. The average Bonchev–Trinajstić information content (AvgIpc) is 2.56. The van der Waals surface area contributed by atoms with E-state index in [1.165, 1.54) is 12.1 Å². The molecular formula is C12H12O6. The van der Waals surface area contributed by atoms with E-state index in [-0.39, 0.29) is 12.2 Å². The van der Waals surface area contributed by atoms with Crippen molar-refractivity contribution in [3.05, 3.63) is 34.4 Å². The maximum Gasteiger partial charge on any atom is 0.350 e. The monoisotopic (exact) mass is 252 g/mol. The molecule has 0 aliphatic carbocycles. The smallest absolute Gasteiger partial charge is 0.350 e. The highest BCUT2D eigenvalue weighted by Gasteiger charge is 2.46. The molecule has 0 unspecified atom stereocenters. The van der Waals surface area contributed by atoms with Crippen molar-refractivity contribution in [2.24, 2.45) is 5.41 Å². The third-order valence-corrected chi connectivity index (χ3v) is 2.69. The first-order valence-corrected chi connectivity index (χ1v) is 5.37. The van der Waals surface area contributed by atoms with Crippen LogP contribution in [0, 0.1) is 5.41 Å². The zero-order valence-electron chi connectivity index (χ0n) is 9.97. The van der Waals surface area contributed by atoms with Crippen molar-refractivity contribution in [3.63, 3.8) is 0 Å². The topological polar surface area (TPSA) is 82.8 Å². The molecule has 1 aliphatic heterocycles. The Bertz CT molecular complexity index is 541. The van der Waals surface area contributed by atoms with Crippen molar-refractivity contribution in [1.82, 2.24) is 0 Å². The molecule has 0 radical (unpaired) electrons. The van der Waals surface area contributed by atoms with Crippen LogP contribution in [0.4, 0.5) is 0 Å². The van der Waals surface area contributed by atoms with Crippen LogP contribution in [0.2, 0.25) is 0 Å². The van der Waals surface area contributed by atoms with Crippen molar-refractivity contribution in [2.45, 2.75) is 20.0 Å². The van der Waals surface area contributed by atoms with Crippen LogP contribution in [-0.4, -0.2) is 24.6 Å². The summed E-state index contributed by atoms with van der Waals surface area (Å²) < 4.78 is 14.4. The van der Waals surface area contributed by atoms with Gasteiger partial charge in [0.25, 0.3) is 0 Å². The molecule has 2 heterocycles. The molecular weight excluding hydrogens is 240 g/mol. The Kier molecular flexibility index (Phi) is 2.94. The van der Waals surface area contributed by atoms with E-state index in [1.807, 2.05) is 0 Å². The molecule has 96 valence electrons. The number of carbonyl (C=O) groups excluding carboxylic acids is 2. The van der Waals surface area contributed by atoms with Gasteiger partial charge in [0.2, 0.25) is 6.10 Å². The number of hydrogen-bond acceptors (Lipinski definition) is 6. The van der Waals surface area contributed by atoms with Gasteiger partial charge in [0.05, 0.1) is 6.26 Å². The van der Waals surface area contributed by atoms with Crippen molar-refractivity contribution >= 4 is 11.9 Å². The second-order valence-corrected chi connectivity index (χ2v) is 4.70. The van der Waals surface area contributed by atoms with E-state index in [0.29, 0.717) is 0 Å². The summed E-state index contributed by atoms with van der Waals surface area (Å²) in [6, 6.07) is 2.68. The first-order valence-electron chi connectivity index (χ1n) is 5.37. The van der Waals surface area contributed by atoms with E-state index in [0.717, 1.165) is 6.26 Å². The molecule has 0 N–H and O–H groups in total. The zero-order valence-corrected chi connectivity index (χ0v) is 9.97. The lowest BCUT2D eigenvalue weighted by molar-refractivity contribution is -0.145. The number of ether oxygens (including phenoxy) is 2. The molecule has 18 heavy (non-hydrogen) atoms. The predicted octanol–water partition coefficient (Wildman–Crippen LogP) is 0.748. The highest BCUT2D eigenvalue weighted by atomic mass is 16.6. The summed E-state index contributed by atoms with van der Waals surface area (Å²) in [6.07, 6.45) is 0.150. The Balaban J connectivity index is 2.20. The van der Waals surface area contributed by atoms with Crippen LogP contribution >= 0.6 is 0 Å². The van der Waals surface area contributed by atoms with Crippen molar-refractivity contribution in [3.8, 4) is 0 Å². The number of hydrogen-bond donors (Lipinski definition) is 0. The average molecular weight is 252 g/mol. The van der Waals surface area contributed by atoms with Gasteiger partial charge in [-0.3, -0.25) is 0 Å². The molecule has 1 atom stereocenters. The van der Waals surface area contributed by atoms with Crippen LogP contribution in [0.1, 0.15) is 24.2 Å². The Labute approximate surface area is 102 Å². The highest BCUT2D eigenvalue weighted by Crippen LogP contribution is 2.31. The van der Waals surface area contributed by atoms with Crippen LogP contribution in [0.3, 0.4) is 0 Å². The van der Waals surface area contributed by atoms with Gasteiger partial charge in [-0.25, -0.2) is 14.4 Å². The summed E-state index contributed by atoms with van der Waals surface area (Å²) in [5.41, 5.74) is -1.65. The summed E-state index contributed by atoms with van der Waals surface area (Å²) in [4.78, 5) is 34.5. The van der Waals surface area contributed by atoms with Gasteiger partial charge in [0.1, 0.15) is 12.2 Å². The summed E-state index contributed by atoms with van der Waals surface area (Å²) in [5, 5.41) is 0. The number of cyclic esters (lactones) is 1. The Morgan fingerprint density at radius 1 is 1.44 bits per heavy atom. The minimum absolute atomic E-state index is 0.174. The maximum absolute atomic E-state index is 11.8. The fourth-order valence-electron chi connectivity index (χ4n) is 1.63. The van der Waals surface area contributed by atoms with Crippen molar-refractivity contribution < 1.29 is 23.5 Å². The molecule has 1 aromatic rings. The second-order valence-electron chi connectivity index (χ2n) is 4.70. The van der Waals surface area contributed by atoms with Gasteiger partial charge in [0, 0.05) is 5.41 Å². The molecule has 1 aliphatic rings. The van der Waals surface area contributed by atoms with E-state index in [9.17, 15) is 14.4 Å². The van der Waals surface area contributed by atoms with Crippen LogP contribution in [0.25, 0.3) is 0 Å². The standard InChI is InChI=1S/C12H12O6/c1-12(2)6-17-11(15)8(12)18-10(14)7-4-3-5-16-9(7)13/h3-5,8H,6H2,1-2H3/t8-/m0/s1. The van der Waals surface area contributed by atoms with Gasteiger partial charge >= 0.3 is 17.6 Å². The van der Waals surface area contributed by atoms with E-state index in [1.54, 1.807) is 13.8 Å². The summed E-state index contributed by atoms with van der Waals surface area (Å²) in [6.45, 7) is 3.65. The van der Waals surface area contributed by atoms with E-state index in [2.05, 4.69) is 4.42 Å². The second kappa shape index (κ2) is 4.29. The quantitative estimate of drug-likeness (QED) is 0.722. The fourth-order valence-corrected chi connectivity index (χ4v) is 1.63. The number of rotatable bonds is 2. The van der Waals surface area contributed by atoms with Crippen LogP contribution < -0.4 is 5.63 Å². The van der Waals surface area contributed by atoms with E-state index < -0.39 is 29.1 Å². The molecule has 2 rings (SSSR count). The van der Waals surface area contributed by atoms with Gasteiger partial charge in [-0.2, -0.15) is 0 Å². The lowest BCUT2D eigenvalue weighted by Crippen LogP contribution is -2.35. The molecule has 0 bridgehead atoms. The summed E-state index contributed by atoms with van der Waals surface area (Å²) >= 11 is 0. The van der Waals surface area contributed by atoms with Gasteiger partial charge in [-0.05, 0) is 12.1 Å². The lowest BCUT2D eigenvalue weighted by Gasteiger charge is -2.21.